The molecule has 0 amide bonds. The smallest absolute Gasteiger partial charge is 0.200 e. The van der Waals surface area contributed by atoms with Crippen LogP contribution in [-0.4, -0.2) is 21.9 Å². The third kappa shape index (κ3) is 3.73. The zero-order valence-electron chi connectivity index (χ0n) is 15.7. The summed E-state index contributed by atoms with van der Waals surface area (Å²) in [5.41, 5.74) is 3.47. The lowest BCUT2D eigenvalue weighted by atomic mass is 9.96. The molecule has 0 fully saturated rings. The third-order valence-corrected chi connectivity index (χ3v) is 4.81. The molecule has 3 rings (SSSR count). The Bertz CT molecular complexity index is 925. The van der Waals surface area contributed by atoms with Gasteiger partial charge in [-0.2, -0.15) is 5.10 Å². The molecule has 1 heterocycles. The number of aromatic nitrogens is 3. The van der Waals surface area contributed by atoms with E-state index in [1.54, 1.807) is 7.11 Å². The van der Waals surface area contributed by atoms with E-state index in [-0.39, 0.29) is 5.92 Å². The number of hydrogen-bond acceptors (Lipinski definition) is 3. The number of nitrogens with one attached hydrogen (secondary N) is 1. The molecule has 0 radical (unpaired) electrons. The summed E-state index contributed by atoms with van der Waals surface area (Å²) in [5.74, 6) is 2.39. The van der Waals surface area contributed by atoms with Gasteiger partial charge in [0.25, 0.3) is 0 Å². The van der Waals surface area contributed by atoms with Crippen molar-refractivity contribution in [3.63, 3.8) is 0 Å². The van der Waals surface area contributed by atoms with Gasteiger partial charge in [-0.15, -0.1) is 0 Å². The molecule has 5 heteroatoms. The highest BCUT2D eigenvalue weighted by Gasteiger charge is 2.19. The Hall–Kier alpha value is -2.40. The van der Waals surface area contributed by atoms with Crippen LogP contribution >= 0.6 is 12.2 Å². The Morgan fingerprint density at radius 2 is 1.77 bits per heavy atom. The van der Waals surface area contributed by atoms with E-state index in [1.165, 1.54) is 11.1 Å². The Kier molecular flexibility index (Phi) is 5.57. The van der Waals surface area contributed by atoms with E-state index in [1.807, 2.05) is 28.8 Å². The molecule has 0 aliphatic carbocycles. The summed E-state index contributed by atoms with van der Waals surface area (Å²) in [4.78, 5) is 0. The van der Waals surface area contributed by atoms with E-state index in [0.29, 0.717) is 10.7 Å². The molecule has 0 saturated heterocycles. The largest absolute Gasteiger partial charge is 0.495 e. The first-order chi connectivity index (χ1) is 12.5. The highest BCUT2D eigenvalue weighted by atomic mass is 32.1. The molecule has 1 aromatic heterocycles. The topological polar surface area (TPSA) is 42.8 Å². The van der Waals surface area contributed by atoms with Crippen molar-refractivity contribution >= 4 is 12.2 Å². The van der Waals surface area contributed by atoms with Crippen molar-refractivity contribution in [2.45, 2.75) is 33.1 Å². The van der Waals surface area contributed by atoms with Gasteiger partial charge in [-0.25, -0.2) is 0 Å². The van der Waals surface area contributed by atoms with Gasteiger partial charge in [0.1, 0.15) is 11.6 Å². The monoisotopic (exact) mass is 367 g/mol. The van der Waals surface area contributed by atoms with Gasteiger partial charge in [0, 0.05) is 5.92 Å². The molecule has 4 nitrogen and oxygen atoms in total. The molecule has 136 valence electrons. The van der Waals surface area contributed by atoms with Crippen LogP contribution in [0.5, 0.6) is 5.75 Å². The Balaban J connectivity index is 1.99. The minimum absolute atomic E-state index is 0.0981. The number of aromatic amines is 1. The predicted molar refractivity (Wildman–Crippen MR) is 108 cm³/mol. The van der Waals surface area contributed by atoms with Crippen LogP contribution in [0.4, 0.5) is 0 Å². The molecule has 0 saturated carbocycles. The van der Waals surface area contributed by atoms with Crippen LogP contribution < -0.4 is 4.74 Å². The molecular formula is C21H25N3OS. The predicted octanol–water partition coefficient (Wildman–Crippen LogP) is 5.29. The minimum atomic E-state index is 0.0981. The van der Waals surface area contributed by atoms with Crippen LogP contribution in [0, 0.1) is 10.7 Å². The molecule has 0 spiro atoms. The number of hydrogen-bond donors (Lipinski definition) is 1. The van der Waals surface area contributed by atoms with Crippen molar-refractivity contribution in [1.82, 2.24) is 14.8 Å². The lowest BCUT2D eigenvalue weighted by Crippen LogP contribution is -2.08. The zero-order valence-corrected chi connectivity index (χ0v) is 16.5. The molecule has 1 atom stereocenters. The summed E-state index contributed by atoms with van der Waals surface area (Å²) in [7, 11) is 1.67. The summed E-state index contributed by atoms with van der Waals surface area (Å²) in [6.45, 7) is 6.62. The van der Waals surface area contributed by atoms with E-state index < -0.39 is 0 Å². The Morgan fingerprint density at radius 1 is 1.08 bits per heavy atom. The normalized spacial score (nSPS) is 12.3. The number of methoxy groups -OCH3 is 1. The van der Waals surface area contributed by atoms with E-state index in [4.69, 9.17) is 17.0 Å². The first kappa shape index (κ1) is 18.4. The zero-order chi connectivity index (χ0) is 18.7. The lowest BCUT2D eigenvalue weighted by molar-refractivity contribution is 0.412. The molecule has 26 heavy (non-hydrogen) atoms. The number of para-hydroxylation sites is 2. The molecule has 0 bridgehead atoms. The summed E-state index contributed by atoms with van der Waals surface area (Å²) >= 11 is 5.49. The number of benzene rings is 2. The van der Waals surface area contributed by atoms with Gasteiger partial charge in [0.2, 0.25) is 0 Å². The van der Waals surface area contributed by atoms with Crippen molar-refractivity contribution in [2.75, 3.05) is 7.11 Å². The van der Waals surface area contributed by atoms with E-state index in [2.05, 4.69) is 55.2 Å². The summed E-state index contributed by atoms with van der Waals surface area (Å²) in [6.07, 6.45) is 1.09. The molecule has 2 aromatic carbocycles. The van der Waals surface area contributed by atoms with Crippen LogP contribution in [0.3, 0.4) is 0 Å². The standard InChI is InChI=1S/C21H25N3OS/c1-14(2)13-16-9-11-17(12-10-16)15(3)20-22-23-21(26)24(20)18-7-5-6-8-19(18)25-4/h5-12,14-15H,13H2,1-4H3,(H,23,26). The first-order valence-electron chi connectivity index (χ1n) is 8.90. The van der Waals surface area contributed by atoms with Crippen molar-refractivity contribution in [3.05, 3.63) is 70.3 Å². The number of nitrogens with zero attached hydrogens (tertiary/aromatic N) is 2. The van der Waals surface area contributed by atoms with Crippen molar-refractivity contribution in [1.29, 1.82) is 0 Å². The highest BCUT2D eigenvalue weighted by Crippen LogP contribution is 2.29. The van der Waals surface area contributed by atoms with Crippen molar-refractivity contribution in [2.24, 2.45) is 5.92 Å². The third-order valence-electron chi connectivity index (χ3n) is 4.54. The van der Waals surface area contributed by atoms with Crippen LogP contribution in [-0.2, 0) is 6.42 Å². The highest BCUT2D eigenvalue weighted by molar-refractivity contribution is 7.71. The maximum atomic E-state index is 5.51. The first-order valence-corrected chi connectivity index (χ1v) is 9.31. The fourth-order valence-corrected chi connectivity index (χ4v) is 3.45. The molecule has 0 aliphatic rings. The quantitative estimate of drug-likeness (QED) is 0.602. The Labute approximate surface area is 159 Å². The average molecular weight is 368 g/mol. The van der Waals surface area contributed by atoms with E-state index >= 15 is 0 Å². The molecule has 0 aliphatic heterocycles. The van der Waals surface area contributed by atoms with Crippen LogP contribution in [0.1, 0.15) is 43.6 Å². The number of H-pyrrole nitrogens is 1. The van der Waals surface area contributed by atoms with Gasteiger partial charge in [-0.1, -0.05) is 57.2 Å². The van der Waals surface area contributed by atoms with Gasteiger partial charge in [0.15, 0.2) is 4.77 Å². The second-order valence-electron chi connectivity index (χ2n) is 6.96. The fraction of sp³-hybridized carbons (Fsp3) is 0.333. The summed E-state index contributed by atoms with van der Waals surface area (Å²) in [5, 5.41) is 7.44. The molecule has 3 aromatic rings. The summed E-state index contributed by atoms with van der Waals surface area (Å²) in [6, 6.07) is 16.6. The second kappa shape index (κ2) is 7.87. The molecular weight excluding hydrogens is 342 g/mol. The molecule has 1 N–H and O–H groups in total. The van der Waals surface area contributed by atoms with Crippen LogP contribution in [0.2, 0.25) is 0 Å². The van der Waals surface area contributed by atoms with Gasteiger partial charge in [0.05, 0.1) is 12.8 Å². The molecule has 1 unspecified atom stereocenters. The van der Waals surface area contributed by atoms with Gasteiger partial charge >= 0.3 is 0 Å². The fourth-order valence-electron chi connectivity index (χ4n) is 3.21. The second-order valence-corrected chi connectivity index (χ2v) is 7.34. The van der Waals surface area contributed by atoms with Gasteiger partial charge < -0.3 is 4.74 Å². The summed E-state index contributed by atoms with van der Waals surface area (Å²) < 4.78 is 8.03. The average Bonchev–Trinajstić information content (AvgIpc) is 3.02. The van der Waals surface area contributed by atoms with Crippen LogP contribution in [0.25, 0.3) is 5.69 Å². The Morgan fingerprint density at radius 3 is 2.42 bits per heavy atom. The maximum absolute atomic E-state index is 5.51. The SMILES string of the molecule is COc1ccccc1-n1c(C(C)c2ccc(CC(C)C)cc2)n[nH]c1=S. The lowest BCUT2D eigenvalue weighted by Gasteiger charge is -2.16. The van der Waals surface area contributed by atoms with Crippen LogP contribution in [0.15, 0.2) is 48.5 Å². The van der Waals surface area contributed by atoms with Gasteiger partial charge in [-0.3, -0.25) is 9.67 Å². The maximum Gasteiger partial charge on any atom is 0.200 e. The number of rotatable bonds is 6. The minimum Gasteiger partial charge on any atom is -0.495 e. The van der Waals surface area contributed by atoms with Gasteiger partial charge in [-0.05, 0) is 47.8 Å². The van der Waals surface area contributed by atoms with Crippen molar-refractivity contribution < 1.29 is 4.74 Å². The van der Waals surface area contributed by atoms with E-state index in [0.717, 1.165) is 23.7 Å². The van der Waals surface area contributed by atoms with Crippen molar-refractivity contribution in [3.8, 4) is 11.4 Å². The van der Waals surface area contributed by atoms with E-state index in [9.17, 15) is 0 Å². The number of ether oxygens (including phenoxy) is 1.